The quantitative estimate of drug-likeness (QED) is 0.314. The van der Waals surface area contributed by atoms with Crippen molar-refractivity contribution in [2.24, 2.45) is 10.7 Å². The number of carbonyl (C=O) groups excluding carboxylic acids is 3. The molecule has 1 aromatic heterocycles. The fraction of sp³-hybridized carbons (Fsp3) is 0.344. The maximum Gasteiger partial charge on any atom is 0.338 e. The van der Waals surface area contributed by atoms with E-state index in [2.05, 4.69) is 15.2 Å². The summed E-state index contributed by atoms with van der Waals surface area (Å²) in [5.74, 6) is -1.09. The van der Waals surface area contributed by atoms with Gasteiger partial charge in [0.15, 0.2) is 10.8 Å². The molecule has 2 saturated heterocycles. The van der Waals surface area contributed by atoms with E-state index in [9.17, 15) is 18.8 Å². The molecule has 11 nitrogen and oxygen atoms in total. The summed E-state index contributed by atoms with van der Waals surface area (Å²) in [6, 6.07) is 11.0. The number of amidine groups is 1. The summed E-state index contributed by atoms with van der Waals surface area (Å²) < 4.78 is 20.1. The SMILES string of the molecule is CCOC(=O)C1=C(CN2CCN3C(=O)N(c4ccc(CCC(N)=O)cc4)C[C@@H]3C2)NC(c2nccs2)=N[C@H]1c1cccc(F)c1Cl. The van der Waals surface area contributed by atoms with Crippen molar-refractivity contribution in [1.29, 1.82) is 0 Å². The van der Waals surface area contributed by atoms with Gasteiger partial charge in [0.2, 0.25) is 5.91 Å². The molecular formula is C32H33ClFN7O4S. The summed E-state index contributed by atoms with van der Waals surface area (Å²) in [5.41, 5.74) is 8.19. The lowest BCUT2D eigenvalue weighted by atomic mass is 9.95. The lowest BCUT2D eigenvalue weighted by molar-refractivity contribution is -0.139. The molecule has 3 aromatic rings. The number of nitrogens with one attached hydrogen (secondary N) is 1. The molecular weight excluding hydrogens is 633 g/mol. The number of hydrogen-bond acceptors (Lipinski definition) is 9. The van der Waals surface area contributed by atoms with E-state index in [0.29, 0.717) is 61.2 Å². The van der Waals surface area contributed by atoms with Crippen LogP contribution < -0.4 is 16.0 Å². The van der Waals surface area contributed by atoms with Crippen molar-refractivity contribution >= 4 is 52.4 Å². The highest BCUT2D eigenvalue weighted by Crippen LogP contribution is 2.38. The van der Waals surface area contributed by atoms with Crippen molar-refractivity contribution in [2.75, 3.05) is 44.2 Å². The van der Waals surface area contributed by atoms with E-state index >= 15 is 0 Å². The Morgan fingerprint density at radius 1 is 1.17 bits per heavy atom. The van der Waals surface area contributed by atoms with Crippen LogP contribution in [0.1, 0.15) is 35.5 Å². The summed E-state index contributed by atoms with van der Waals surface area (Å²) in [4.78, 5) is 53.1. The molecule has 0 unspecified atom stereocenters. The maximum absolute atomic E-state index is 14.6. The van der Waals surface area contributed by atoms with Crippen molar-refractivity contribution in [2.45, 2.75) is 31.8 Å². The second-order valence-electron chi connectivity index (χ2n) is 11.2. The third-order valence-corrected chi connectivity index (χ3v) is 9.44. The Kier molecular flexibility index (Phi) is 9.34. The first kappa shape index (κ1) is 31.6. The van der Waals surface area contributed by atoms with E-state index in [-0.39, 0.29) is 41.6 Å². The zero-order valence-corrected chi connectivity index (χ0v) is 26.7. The number of urea groups is 1. The van der Waals surface area contributed by atoms with Crippen LogP contribution in [0.25, 0.3) is 0 Å². The molecule has 2 aromatic carbocycles. The Morgan fingerprint density at radius 3 is 2.70 bits per heavy atom. The topological polar surface area (TPSA) is 133 Å². The first-order valence-electron chi connectivity index (χ1n) is 15.0. The molecule has 3 amide bonds. The standard InChI is InChI=1S/C32H33ClFN7O4S/c1-2-45-31(43)26-24(37-29(30-36-12-15-46-30)38-28(26)22-4-3-5-23(34)27(22)33)18-39-13-14-40-21(16-39)17-41(32(40)44)20-9-6-19(7-10-20)8-11-25(35)42/h3-7,9-10,12,15,21,28H,2,8,11,13-14,16-18H2,1H3,(H2,35,42)(H,37,38)/t21-,28-/m0/s1. The second-order valence-corrected chi connectivity index (χ2v) is 12.5. The lowest BCUT2D eigenvalue weighted by Gasteiger charge is -2.38. The number of carbonyl (C=O) groups is 3. The van der Waals surface area contributed by atoms with Crippen LogP contribution in [0.3, 0.4) is 0 Å². The number of nitrogens with zero attached hydrogens (tertiary/aromatic N) is 5. The molecule has 14 heteroatoms. The van der Waals surface area contributed by atoms with Crippen LogP contribution >= 0.6 is 22.9 Å². The zero-order valence-electron chi connectivity index (χ0n) is 25.1. The number of primary amides is 1. The number of aromatic nitrogens is 1. The van der Waals surface area contributed by atoms with Gasteiger partial charge in [0.05, 0.1) is 23.2 Å². The molecule has 6 rings (SSSR count). The number of hydrogen-bond donors (Lipinski definition) is 2. The summed E-state index contributed by atoms with van der Waals surface area (Å²) in [7, 11) is 0. The van der Waals surface area contributed by atoms with Gasteiger partial charge in [-0.25, -0.2) is 19.0 Å². The number of esters is 1. The molecule has 0 spiro atoms. The van der Waals surface area contributed by atoms with Gasteiger partial charge in [0.25, 0.3) is 0 Å². The van der Waals surface area contributed by atoms with Crippen LogP contribution in [0.4, 0.5) is 14.9 Å². The summed E-state index contributed by atoms with van der Waals surface area (Å²) in [5, 5.41) is 5.65. The minimum atomic E-state index is -0.923. The first-order valence-corrected chi connectivity index (χ1v) is 16.3. The Hall–Kier alpha value is -4.33. The molecule has 0 bridgehead atoms. The van der Waals surface area contributed by atoms with Gasteiger partial charge >= 0.3 is 12.0 Å². The minimum Gasteiger partial charge on any atom is -0.463 e. The molecule has 240 valence electrons. The lowest BCUT2D eigenvalue weighted by Crippen LogP contribution is -2.53. The molecule has 0 saturated carbocycles. The Bertz CT molecular complexity index is 1700. The molecule has 3 aliphatic rings. The number of anilines is 1. The third kappa shape index (κ3) is 6.48. The van der Waals surface area contributed by atoms with Gasteiger partial charge in [-0.2, -0.15) is 0 Å². The Labute approximate surface area is 274 Å². The molecule has 46 heavy (non-hydrogen) atoms. The summed E-state index contributed by atoms with van der Waals surface area (Å²) in [6.45, 7) is 4.33. The predicted molar refractivity (Wildman–Crippen MR) is 173 cm³/mol. The number of aliphatic imine (C=N–C) groups is 1. The highest BCUT2D eigenvalue weighted by molar-refractivity contribution is 7.11. The Balaban J connectivity index is 1.26. The molecule has 2 fully saturated rings. The fourth-order valence-corrected chi connectivity index (χ4v) is 6.86. The van der Waals surface area contributed by atoms with Crippen LogP contribution in [0.2, 0.25) is 5.02 Å². The van der Waals surface area contributed by atoms with Crippen molar-refractivity contribution in [1.82, 2.24) is 20.1 Å². The number of thiazole rings is 1. The predicted octanol–water partition coefficient (Wildman–Crippen LogP) is 3.89. The number of nitrogens with two attached hydrogens (primary N) is 1. The molecule has 4 heterocycles. The number of benzene rings is 2. The number of piperazine rings is 1. The normalized spacial score (nSPS) is 20.0. The van der Waals surface area contributed by atoms with Gasteiger partial charge in [0.1, 0.15) is 11.9 Å². The number of halogens is 2. The van der Waals surface area contributed by atoms with Crippen molar-refractivity contribution in [3.05, 3.63) is 92.3 Å². The van der Waals surface area contributed by atoms with Gasteiger partial charge in [-0.15, -0.1) is 11.3 Å². The fourth-order valence-electron chi connectivity index (χ4n) is 6.04. The van der Waals surface area contributed by atoms with Gasteiger partial charge in [-0.1, -0.05) is 35.9 Å². The molecule has 0 radical (unpaired) electrons. The molecule has 0 aliphatic carbocycles. The third-order valence-electron chi connectivity index (χ3n) is 8.26. The van der Waals surface area contributed by atoms with E-state index in [1.54, 1.807) is 24.1 Å². The maximum atomic E-state index is 14.6. The van der Waals surface area contributed by atoms with E-state index in [0.717, 1.165) is 11.3 Å². The van der Waals surface area contributed by atoms with Gasteiger partial charge in [0, 0.05) is 67.7 Å². The molecule has 2 atom stereocenters. The largest absolute Gasteiger partial charge is 0.463 e. The number of aryl methyl sites for hydroxylation is 1. The average Bonchev–Trinajstić information content (AvgIpc) is 3.70. The zero-order chi connectivity index (χ0) is 32.4. The van der Waals surface area contributed by atoms with Crippen LogP contribution in [-0.2, 0) is 20.7 Å². The van der Waals surface area contributed by atoms with Crippen LogP contribution in [0.15, 0.2) is 70.3 Å². The smallest absolute Gasteiger partial charge is 0.338 e. The van der Waals surface area contributed by atoms with Crippen LogP contribution in [0, 0.1) is 5.82 Å². The molecule has 3 N–H and O–H groups in total. The number of amides is 3. The summed E-state index contributed by atoms with van der Waals surface area (Å²) >= 11 is 7.82. The van der Waals surface area contributed by atoms with Gasteiger partial charge < -0.3 is 20.7 Å². The van der Waals surface area contributed by atoms with E-state index < -0.39 is 17.8 Å². The van der Waals surface area contributed by atoms with E-state index in [4.69, 9.17) is 27.1 Å². The highest BCUT2D eigenvalue weighted by Gasteiger charge is 2.42. The summed E-state index contributed by atoms with van der Waals surface area (Å²) in [6.07, 6.45) is 2.48. The van der Waals surface area contributed by atoms with Crippen LogP contribution in [0.5, 0.6) is 0 Å². The van der Waals surface area contributed by atoms with Crippen molar-refractivity contribution < 1.29 is 23.5 Å². The first-order chi connectivity index (χ1) is 22.2. The number of fused-ring (bicyclic) bond motifs is 1. The highest BCUT2D eigenvalue weighted by atomic mass is 35.5. The monoisotopic (exact) mass is 665 g/mol. The second kappa shape index (κ2) is 13.6. The Morgan fingerprint density at radius 2 is 1.98 bits per heavy atom. The average molecular weight is 666 g/mol. The van der Waals surface area contributed by atoms with E-state index in [1.165, 1.54) is 23.5 Å². The van der Waals surface area contributed by atoms with Gasteiger partial charge in [-0.05, 0) is 37.1 Å². The van der Waals surface area contributed by atoms with Crippen molar-refractivity contribution in [3.63, 3.8) is 0 Å². The number of ether oxygens (including phenoxy) is 1. The van der Waals surface area contributed by atoms with Gasteiger partial charge in [-0.3, -0.25) is 19.6 Å². The van der Waals surface area contributed by atoms with E-state index in [1.807, 2.05) is 34.5 Å². The van der Waals surface area contributed by atoms with Crippen molar-refractivity contribution in [3.8, 4) is 0 Å². The minimum absolute atomic E-state index is 0.0595. The number of rotatable bonds is 10. The molecule has 3 aliphatic heterocycles. The van der Waals surface area contributed by atoms with Crippen LogP contribution in [-0.4, -0.2) is 83.9 Å².